The highest BCUT2D eigenvalue weighted by atomic mass is 127. The number of nitrogens with one attached hydrogen (secondary N) is 2. The van der Waals surface area contributed by atoms with Crippen LogP contribution in [0.25, 0.3) is 0 Å². The van der Waals surface area contributed by atoms with E-state index >= 15 is 0 Å². The summed E-state index contributed by atoms with van der Waals surface area (Å²) in [5.74, 6) is 3.75. The molecule has 0 unspecified atom stereocenters. The van der Waals surface area contributed by atoms with Gasteiger partial charge >= 0.3 is 0 Å². The van der Waals surface area contributed by atoms with Gasteiger partial charge in [-0.2, -0.15) is 0 Å². The zero-order chi connectivity index (χ0) is 17.5. The first kappa shape index (κ1) is 21.4. The highest BCUT2D eigenvalue weighted by Crippen LogP contribution is 2.28. The summed E-state index contributed by atoms with van der Waals surface area (Å²) < 4.78 is 2.01. The second-order valence-corrected chi connectivity index (χ2v) is 7.73. The molecular weight excluding hydrogens is 439 g/mol. The number of aliphatic imine (C=N–C) groups is 1. The molecule has 2 aliphatic rings. The average molecular weight is 474 g/mol. The molecule has 0 bridgehead atoms. The van der Waals surface area contributed by atoms with Crippen molar-refractivity contribution in [3.63, 3.8) is 0 Å². The van der Waals surface area contributed by atoms with Gasteiger partial charge in [0.05, 0.1) is 0 Å². The van der Waals surface area contributed by atoms with Gasteiger partial charge in [0.1, 0.15) is 12.4 Å². The van der Waals surface area contributed by atoms with Crippen molar-refractivity contribution in [3.8, 4) is 0 Å². The van der Waals surface area contributed by atoms with E-state index < -0.39 is 0 Å². The molecule has 2 N–H and O–H groups in total. The van der Waals surface area contributed by atoms with Gasteiger partial charge in [-0.15, -0.1) is 34.2 Å². The van der Waals surface area contributed by atoms with Crippen LogP contribution in [0.2, 0.25) is 0 Å². The first-order valence-electron chi connectivity index (χ1n) is 10.1. The van der Waals surface area contributed by atoms with Crippen LogP contribution in [0.4, 0.5) is 0 Å². The molecule has 3 rings (SSSR count). The minimum absolute atomic E-state index is 0. The van der Waals surface area contributed by atoms with Gasteiger partial charge in [0, 0.05) is 19.6 Å². The van der Waals surface area contributed by atoms with E-state index in [0.717, 1.165) is 30.1 Å². The second kappa shape index (κ2) is 11.1. The number of aromatic nitrogens is 3. The van der Waals surface area contributed by atoms with Gasteiger partial charge < -0.3 is 15.2 Å². The van der Waals surface area contributed by atoms with Crippen molar-refractivity contribution in [2.45, 2.75) is 83.7 Å². The van der Waals surface area contributed by atoms with Gasteiger partial charge in [0.15, 0.2) is 11.8 Å². The molecule has 0 atom stereocenters. The van der Waals surface area contributed by atoms with E-state index in [1.54, 1.807) is 0 Å². The number of guanidine groups is 1. The Morgan fingerprint density at radius 2 is 1.81 bits per heavy atom. The van der Waals surface area contributed by atoms with Crippen LogP contribution in [-0.2, 0) is 13.6 Å². The first-order chi connectivity index (χ1) is 12.2. The molecule has 2 saturated carbocycles. The number of rotatable bonds is 7. The van der Waals surface area contributed by atoms with Crippen molar-refractivity contribution in [2.24, 2.45) is 18.0 Å². The van der Waals surface area contributed by atoms with Crippen molar-refractivity contribution in [3.05, 3.63) is 11.6 Å². The zero-order valence-electron chi connectivity index (χ0n) is 16.3. The SMILES string of the molecule is Cc1nnc(CN=C(NCCCC2CCCC2)NC2CCCC2)n1C.I. The van der Waals surface area contributed by atoms with E-state index in [2.05, 4.69) is 20.8 Å². The molecule has 0 spiro atoms. The van der Waals surface area contributed by atoms with E-state index in [-0.39, 0.29) is 24.0 Å². The van der Waals surface area contributed by atoms with Crippen molar-refractivity contribution < 1.29 is 0 Å². The van der Waals surface area contributed by atoms with E-state index in [1.165, 1.54) is 64.2 Å². The molecule has 6 nitrogen and oxygen atoms in total. The lowest BCUT2D eigenvalue weighted by atomic mass is 10.0. The molecular formula is C19H35IN6. The van der Waals surface area contributed by atoms with E-state index in [4.69, 9.17) is 4.99 Å². The number of hydrogen-bond donors (Lipinski definition) is 2. The van der Waals surface area contributed by atoms with E-state index in [1.807, 2.05) is 18.5 Å². The molecule has 2 fully saturated rings. The van der Waals surface area contributed by atoms with Crippen LogP contribution in [0.3, 0.4) is 0 Å². The first-order valence-corrected chi connectivity index (χ1v) is 10.1. The van der Waals surface area contributed by atoms with E-state index in [0.29, 0.717) is 12.6 Å². The van der Waals surface area contributed by atoms with Crippen LogP contribution in [0, 0.1) is 12.8 Å². The van der Waals surface area contributed by atoms with Crippen LogP contribution in [0.5, 0.6) is 0 Å². The lowest BCUT2D eigenvalue weighted by molar-refractivity contribution is 0.480. The molecule has 0 amide bonds. The second-order valence-electron chi connectivity index (χ2n) is 7.73. The molecule has 1 aromatic heterocycles. The highest BCUT2D eigenvalue weighted by molar-refractivity contribution is 14.0. The lowest BCUT2D eigenvalue weighted by Gasteiger charge is -2.18. The maximum atomic E-state index is 4.77. The summed E-state index contributed by atoms with van der Waals surface area (Å²) in [4.78, 5) is 4.77. The fourth-order valence-corrected chi connectivity index (χ4v) is 4.05. The summed E-state index contributed by atoms with van der Waals surface area (Å²) in [6.07, 6.45) is 13.5. The fraction of sp³-hybridized carbons (Fsp3) is 0.842. The molecule has 148 valence electrons. The number of nitrogens with zero attached hydrogens (tertiary/aromatic N) is 4. The third kappa shape index (κ3) is 6.39. The Morgan fingerprint density at radius 1 is 1.12 bits per heavy atom. The predicted molar refractivity (Wildman–Crippen MR) is 117 cm³/mol. The molecule has 1 heterocycles. The molecule has 0 radical (unpaired) electrons. The minimum Gasteiger partial charge on any atom is -0.356 e. The van der Waals surface area contributed by atoms with Crippen LogP contribution in [0.1, 0.15) is 75.9 Å². The van der Waals surface area contributed by atoms with Crippen LogP contribution < -0.4 is 10.6 Å². The van der Waals surface area contributed by atoms with Crippen LogP contribution >= 0.6 is 24.0 Å². The van der Waals surface area contributed by atoms with Gasteiger partial charge in [-0.1, -0.05) is 38.5 Å². The van der Waals surface area contributed by atoms with Crippen molar-refractivity contribution in [1.82, 2.24) is 25.4 Å². The standard InChI is InChI=1S/C19H34N6.HI/c1-15-23-24-18(25(15)2)14-21-19(22-17-11-5-6-12-17)20-13-7-10-16-8-3-4-9-16;/h16-17H,3-14H2,1-2H3,(H2,20,21,22);1H. The summed E-state index contributed by atoms with van der Waals surface area (Å²) >= 11 is 0. The Labute approximate surface area is 175 Å². The Balaban J connectivity index is 0.00000243. The predicted octanol–water partition coefficient (Wildman–Crippen LogP) is 3.69. The van der Waals surface area contributed by atoms with Gasteiger partial charge in [-0.05, 0) is 38.5 Å². The third-order valence-electron chi connectivity index (χ3n) is 5.81. The smallest absolute Gasteiger partial charge is 0.191 e. The third-order valence-corrected chi connectivity index (χ3v) is 5.81. The van der Waals surface area contributed by atoms with Crippen molar-refractivity contribution >= 4 is 29.9 Å². The number of halogens is 1. The average Bonchev–Trinajstić information content (AvgIpc) is 3.35. The van der Waals surface area contributed by atoms with E-state index in [9.17, 15) is 0 Å². The summed E-state index contributed by atoms with van der Waals surface area (Å²) in [6.45, 7) is 3.55. The molecule has 1 aromatic rings. The number of hydrogen-bond acceptors (Lipinski definition) is 3. The maximum absolute atomic E-state index is 4.77. The van der Waals surface area contributed by atoms with Crippen molar-refractivity contribution in [2.75, 3.05) is 6.54 Å². The fourth-order valence-electron chi connectivity index (χ4n) is 4.05. The lowest BCUT2D eigenvalue weighted by Crippen LogP contribution is -2.42. The molecule has 0 aliphatic heterocycles. The zero-order valence-corrected chi connectivity index (χ0v) is 18.7. The normalized spacial score (nSPS) is 18.9. The van der Waals surface area contributed by atoms with Crippen LogP contribution in [0.15, 0.2) is 4.99 Å². The maximum Gasteiger partial charge on any atom is 0.191 e. The summed E-state index contributed by atoms with van der Waals surface area (Å²) in [5.41, 5.74) is 0. The summed E-state index contributed by atoms with van der Waals surface area (Å²) in [6, 6.07) is 0.572. The molecule has 7 heteroatoms. The van der Waals surface area contributed by atoms with Crippen molar-refractivity contribution in [1.29, 1.82) is 0 Å². The minimum atomic E-state index is 0. The van der Waals surface area contributed by atoms with Gasteiger partial charge in [-0.3, -0.25) is 0 Å². The molecule has 26 heavy (non-hydrogen) atoms. The quantitative estimate of drug-likeness (QED) is 0.274. The van der Waals surface area contributed by atoms with Gasteiger partial charge in [-0.25, -0.2) is 4.99 Å². The number of aryl methyl sites for hydroxylation is 1. The molecule has 0 saturated heterocycles. The molecule has 0 aromatic carbocycles. The molecule has 2 aliphatic carbocycles. The Morgan fingerprint density at radius 3 is 2.46 bits per heavy atom. The van der Waals surface area contributed by atoms with Gasteiger partial charge in [0.25, 0.3) is 0 Å². The Hall–Kier alpha value is -0.860. The van der Waals surface area contributed by atoms with Gasteiger partial charge in [0.2, 0.25) is 0 Å². The van der Waals surface area contributed by atoms with Crippen LogP contribution in [-0.4, -0.2) is 33.3 Å². The Bertz CT molecular complexity index is 558. The Kier molecular flexibility index (Phi) is 9.15. The monoisotopic (exact) mass is 474 g/mol. The summed E-state index contributed by atoms with van der Waals surface area (Å²) in [5, 5.41) is 15.5. The summed E-state index contributed by atoms with van der Waals surface area (Å²) in [7, 11) is 2.00. The largest absolute Gasteiger partial charge is 0.356 e. The highest BCUT2D eigenvalue weighted by Gasteiger charge is 2.17. The topological polar surface area (TPSA) is 67.1 Å².